The minimum atomic E-state index is -0.671. The molecule has 1 aromatic heterocycles. The zero-order chi connectivity index (χ0) is 24.4. The molecular formula is C27H23N3O5. The fourth-order valence-corrected chi connectivity index (χ4v) is 4.18. The molecule has 1 amide bonds. The molecule has 35 heavy (non-hydrogen) atoms. The Morgan fingerprint density at radius 1 is 0.971 bits per heavy atom. The largest absolute Gasteiger partial charge is 0.508 e. The van der Waals surface area contributed by atoms with Crippen LogP contribution < -0.4 is 20.9 Å². The van der Waals surface area contributed by atoms with Gasteiger partial charge >= 0.3 is 0 Å². The van der Waals surface area contributed by atoms with Crippen LogP contribution in [0, 0.1) is 0 Å². The number of para-hydroxylation sites is 1. The molecule has 1 aliphatic heterocycles. The molecule has 0 bridgehead atoms. The maximum atomic E-state index is 13.1. The van der Waals surface area contributed by atoms with Gasteiger partial charge in [-0.15, -0.1) is 0 Å². The molecule has 2 heterocycles. The third kappa shape index (κ3) is 4.41. The van der Waals surface area contributed by atoms with Crippen LogP contribution in [0.1, 0.15) is 38.8 Å². The van der Waals surface area contributed by atoms with Crippen molar-refractivity contribution in [3.8, 4) is 17.2 Å². The molecule has 176 valence electrons. The van der Waals surface area contributed by atoms with Crippen LogP contribution in [0.15, 0.2) is 89.9 Å². The number of fused-ring (bicyclic) bond motifs is 2. The zero-order valence-corrected chi connectivity index (χ0v) is 18.6. The number of carbonyl (C=O) groups excluding carboxylic acids is 1. The third-order valence-corrected chi connectivity index (χ3v) is 5.90. The monoisotopic (exact) mass is 469 g/mol. The molecule has 1 atom stereocenters. The van der Waals surface area contributed by atoms with Crippen molar-refractivity contribution in [3.05, 3.63) is 123 Å². The van der Waals surface area contributed by atoms with Crippen molar-refractivity contribution < 1.29 is 19.7 Å². The SMILES string of the molecule is O=C(NCc1cccc(O)c1)c1c(O)c(=O)ccn1NC1c2ccccc2COc2ccccc21. The van der Waals surface area contributed by atoms with Gasteiger partial charge < -0.3 is 25.7 Å². The Bertz CT molecular complexity index is 1420. The quantitative estimate of drug-likeness (QED) is 0.356. The van der Waals surface area contributed by atoms with E-state index in [1.807, 2.05) is 48.5 Å². The highest BCUT2D eigenvalue weighted by Crippen LogP contribution is 2.36. The first kappa shape index (κ1) is 22.1. The van der Waals surface area contributed by atoms with Crippen LogP contribution in [-0.2, 0) is 13.2 Å². The number of phenolic OH excluding ortho intramolecular Hbond substituents is 1. The van der Waals surface area contributed by atoms with E-state index in [-0.39, 0.29) is 18.0 Å². The number of benzene rings is 3. The minimum absolute atomic E-state index is 0.0748. The highest BCUT2D eigenvalue weighted by Gasteiger charge is 2.27. The van der Waals surface area contributed by atoms with Gasteiger partial charge in [0.1, 0.15) is 18.1 Å². The lowest BCUT2D eigenvalue weighted by Gasteiger charge is -2.25. The van der Waals surface area contributed by atoms with Gasteiger partial charge in [0.15, 0.2) is 11.4 Å². The molecule has 1 unspecified atom stereocenters. The molecule has 4 N–H and O–H groups in total. The molecule has 3 aromatic carbocycles. The number of hydrogen-bond acceptors (Lipinski definition) is 6. The van der Waals surface area contributed by atoms with E-state index < -0.39 is 23.1 Å². The third-order valence-electron chi connectivity index (χ3n) is 5.90. The standard InChI is InChI=1S/C27H23N3O5/c31-19-8-5-6-17(14-19)15-28-27(34)25-26(33)22(32)12-13-30(25)29-24-20-9-2-1-7-18(20)16-35-23-11-4-3-10-21(23)24/h1-14,24,29,31,33H,15-16H2,(H,28,34). The van der Waals surface area contributed by atoms with Crippen LogP contribution in [0.25, 0.3) is 0 Å². The Morgan fingerprint density at radius 2 is 1.74 bits per heavy atom. The van der Waals surface area contributed by atoms with Crippen LogP contribution in [-0.4, -0.2) is 20.8 Å². The van der Waals surface area contributed by atoms with E-state index in [4.69, 9.17) is 4.74 Å². The highest BCUT2D eigenvalue weighted by atomic mass is 16.5. The Kier molecular flexibility index (Phi) is 5.85. The van der Waals surface area contributed by atoms with Gasteiger partial charge in [-0.25, -0.2) is 0 Å². The number of carbonyl (C=O) groups is 1. The molecule has 0 saturated heterocycles. The van der Waals surface area contributed by atoms with Crippen molar-refractivity contribution in [2.24, 2.45) is 0 Å². The van der Waals surface area contributed by atoms with Crippen molar-refractivity contribution >= 4 is 5.91 Å². The molecule has 0 radical (unpaired) electrons. The number of amides is 1. The van der Waals surface area contributed by atoms with E-state index in [1.54, 1.807) is 12.1 Å². The lowest BCUT2D eigenvalue weighted by molar-refractivity contribution is 0.0938. The van der Waals surface area contributed by atoms with Crippen LogP contribution in [0.2, 0.25) is 0 Å². The van der Waals surface area contributed by atoms with E-state index in [0.29, 0.717) is 17.9 Å². The summed E-state index contributed by atoms with van der Waals surface area (Å²) in [5.74, 6) is -0.547. The molecule has 1 aliphatic rings. The predicted molar refractivity (Wildman–Crippen MR) is 130 cm³/mol. The molecule has 0 spiro atoms. The second kappa shape index (κ2) is 9.26. The predicted octanol–water partition coefficient (Wildman–Crippen LogP) is 3.42. The number of ether oxygens (including phenoxy) is 1. The number of phenols is 1. The topological polar surface area (TPSA) is 113 Å². The summed E-state index contributed by atoms with van der Waals surface area (Å²) in [6.07, 6.45) is 1.42. The highest BCUT2D eigenvalue weighted by molar-refractivity contribution is 5.95. The van der Waals surface area contributed by atoms with E-state index in [1.165, 1.54) is 29.1 Å². The normalized spacial score (nSPS) is 14.1. The maximum Gasteiger partial charge on any atom is 0.274 e. The number of nitrogens with zero attached hydrogens (tertiary/aromatic N) is 1. The van der Waals surface area contributed by atoms with E-state index in [0.717, 1.165) is 16.7 Å². The Morgan fingerprint density at radius 3 is 2.57 bits per heavy atom. The second-order valence-corrected chi connectivity index (χ2v) is 8.19. The van der Waals surface area contributed by atoms with Gasteiger partial charge in [0.2, 0.25) is 5.43 Å². The molecule has 8 nitrogen and oxygen atoms in total. The summed E-state index contributed by atoms with van der Waals surface area (Å²) in [6.45, 7) is 0.483. The van der Waals surface area contributed by atoms with Crippen LogP contribution >= 0.6 is 0 Å². The molecule has 0 saturated carbocycles. The number of aromatic nitrogens is 1. The van der Waals surface area contributed by atoms with Crippen LogP contribution in [0.4, 0.5) is 0 Å². The van der Waals surface area contributed by atoms with E-state index in [2.05, 4.69) is 10.7 Å². The average molecular weight is 469 g/mol. The summed E-state index contributed by atoms with van der Waals surface area (Å²) in [6, 6.07) is 22.6. The lowest BCUT2D eigenvalue weighted by atomic mass is 9.95. The number of hydrogen-bond donors (Lipinski definition) is 4. The Balaban J connectivity index is 1.53. The van der Waals surface area contributed by atoms with Gasteiger partial charge in [-0.3, -0.25) is 14.3 Å². The van der Waals surface area contributed by atoms with Crippen molar-refractivity contribution in [2.75, 3.05) is 5.43 Å². The molecule has 8 heteroatoms. The van der Waals surface area contributed by atoms with Gasteiger partial charge in [-0.05, 0) is 34.9 Å². The fraction of sp³-hybridized carbons (Fsp3) is 0.111. The summed E-state index contributed by atoms with van der Waals surface area (Å²) < 4.78 is 7.37. The van der Waals surface area contributed by atoms with Crippen molar-refractivity contribution in [1.29, 1.82) is 0 Å². The van der Waals surface area contributed by atoms with Crippen molar-refractivity contribution in [3.63, 3.8) is 0 Å². The summed E-state index contributed by atoms with van der Waals surface area (Å²) in [5.41, 5.74) is 5.83. The first-order valence-corrected chi connectivity index (χ1v) is 11.1. The molecule has 5 rings (SSSR count). The number of pyridine rings is 1. The molecular weight excluding hydrogens is 446 g/mol. The van der Waals surface area contributed by atoms with Gasteiger partial charge in [-0.2, -0.15) is 0 Å². The Labute approximate surface area is 201 Å². The van der Waals surface area contributed by atoms with Gasteiger partial charge in [0.05, 0.1) is 6.04 Å². The molecule has 0 fully saturated rings. The zero-order valence-electron chi connectivity index (χ0n) is 18.6. The van der Waals surface area contributed by atoms with Gasteiger partial charge in [0.25, 0.3) is 5.91 Å². The maximum absolute atomic E-state index is 13.1. The Hall–Kier alpha value is -4.72. The van der Waals surface area contributed by atoms with Crippen molar-refractivity contribution in [1.82, 2.24) is 9.99 Å². The van der Waals surface area contributed by atoms with Gasteiger partial charge in [-0.1, -0.05) is 54.6 Å². The average Bonchev–Trinajstić information content (AvgIpc) is 3.02. The van der Waals surface area contributed by atoms with Crippen LogP contribution in [0.3, 0.4) is 0 Å². The molecule has 4 aromatic rings. The smallest absolute Gasteiger partial charge is 0.274 e. The summed E-state index contributed by atoms with van der Waals surface area (Å²) in [7, 11) is 0. The van der Waals surface area contributed by atoms with Crippen molar-refractivity contribution in [2.45, 2.75) is 19.2 Å². The van der Waals surface area contributed by atoms with E-state index in [9.17, 15) is 19.8 Å². The molecule has 0 aliphatic carbocycles. The number of aromatic hydroxyl groups is 2. The van der Waals surface area contributed by atoms with Gasteiger partial charge in [0, 0.05) is 24.4 Å². The second-order valence-electron chi connectivity index (χ2n) is 8.19. The first-order chi connectivity index (χ1) is 17.0. The number of rotatable bonds is 5. The summed E-state index contributed by atoms with van der Waals surface area (Å²) >= 11 is 0. The lowest BCUT2D eigenvalue weighted by Crippen LogP contribution is -2.33. The number of nitrogens with one attached hydrogen (secondary N) is 2. The first-order valence-electron chi connectivity index (χ1n) is 11.1. The fourth-order valence-electron chi connectivity index (χ4n) is 4.18. The minimum Gasteiger partial charge on any atom is -0.508 e. The van der Waals surface area contributed by atoms with E-state index >= 15 is 0 Å². The summed E-state index contributed by atoms with van der Waals surface area (Å²) in [5, 5.41) is 22.9. The summed E-state index contributed by atoms with van der Waals surface area (Å²) in [4.78, 5) is 25.4. The van der Waals surface area contributed by atoms with Crippen LogP contribution in [0.5, 0.6) is 17.2 Å².